The Morgan fingerprint density at radius 2 is 1.75 bits per heavy atom. The topological polar surface area (TPSA) is 49.4 Å². The normalized spacial score (nSPS) is 10.3. The standard InChI is InChI=1S/C19H21BrN2O2/c1-13-5-4-6-18(14(13)2)22(15(3)23)12-11-21-19(24)16-7-9-17(20)10-8-16/h4-10H,11-12H2,1-3H3,(H,21,24). The van der Waals surface area contributed by atoms with Crippen molar-refractivity contribution in [3.05, 3.63) is 63.6 Å². The third kappa shape index (κ3) is 4.45. The number of hydrogen-bond donors (Lipinski definition) is 1. The maximum atomic E-state index is 12.1. The average Bonchev–Trinajstić information content (AvgIpc) is 2.55. The average molecular weight is 389 g/mol. The van der Waals surface area contributed by atoms with Crippen molar-refractivity contribution in [3.8, 4) is 0 Å². The van der Waals surface area contributed by atoms with E-state index in [1.807, 2.05) is 44.2 Å². The molecule has 24 heavy (non-hydrogen) atoms. The molecule has 0 aromatic heterocycles. The zero-order valence-electron chi connectivity index (χ0n) is 14.1. The first-order valence-electron chi connectivity index (χ1n) is 7.78. The van der Waals surface area contributed by atoms with Crippen LogP contribution in [0.1, 0.15) is 28.4 Å². The van der Waals surface area contributed by atoms with E-state index < -0.39 is 0 Å². The van der Waals surface area contributed by atoms with Gasteiger partial charge >= 0.3 is 0 Å². The molecule has 2 rings (SSSR count). The van der Waals surface area contributed by atoms with Gasteiger partial charge in [0.05, 0.1) is 0 Å². The van der Waals surface area contributed by atoms with Gasteiger partial charge in [-0.15, -0.1) is 0 Å². The molecule has 0 saturated heterocycles. The van der Waals surface area contributed by atoms with Crippen molar-refractivity contribution in [2.24, 2.45) is 0 Å². The van der Waals surface area contributed by atoms with Crippen molar-refractivity contribution in [2.45, 2.75) is 20.8 Å². The molecule has 2 amide bonds. The van der Waals surface area contributed by atoms with Gasteiger partial charge in [-0.25, -0.2) is 0 Å². The number of aryl methyl sites for hydroxylation is 1. The predicted octanol–water partition coefficient (Wildman–Crippen LogP) is 3.85. The Morgan fingerprint density at radius 1 is 1.08 bits per heavy atom. The summed E-state index contributed by atoms with van der Waals surface area (Å²) in [5.74, 6) is -0.187. The fraction of sp³-hybridized carbons (Fsp3) is 0.263. The van der Waals surface area contributed by atoms with Gasteiger partial charge in [0.25, 0.3) is 5.91 Å². The highest BCUT2D eigenvalue weighted by Gasteiger charge is 2.15. The van der Waals surface area contributed by atoms with Crippen LogP contribution in [0.3, 0.4) is 0 Å². The van der Waals surface area contributed by atoms with Crippen LogP contribution in [0.5, 0.6) is 0 Å². The number of amides is 2. The largest absolute Gasteiger partial charge is 0.350 e. The van der Waals surface area contributed by atoms with E-state index in [4.69, 9.17) is 0 Å². The molecular formula is C19H21BrN2O2. The number of nitrogens with zero attached hydrogens (tertiary/aromatic N) is 1. The summed E-state index contributed by atoms with van der Waals surface area (Å²) >= 11 is 3.34. The minimum Gasteiger partial charge on any atom is -0.350 e. The summed E-state index contributed by atoms with van der Waals surface area (Å²) in [6, 6.07) is 13.1. The van der Waals surface area contributed by atoms with Crippen LogP contribution >= 0.6 is 15.9 Å². The lowest BCUT2D eigenvalue weighted by Gasteiger charge is -2.24. The molecule has 2 aromatic carbocycles. The molecule has 2 aromatic rings. The van der Waals surface area contributed by atoms with Crippen LogP contribution in [0, 0.1) is 13.8 Å². The van der Waals surface area contributed by atoms with E-state index in [9.17, 15) is 9.59 Å². The number of rotatable bonds is 5. The van der Waals surface area contributed by atoms with Crippen molar-refractivity contribution in [3.63, 3.8) is 0 Å². The first-order valence-corrected chi connectivity index (χ1v) is 8.57. The number of hydrogen-bond acceptors (Lipinski definition) is 2. The first kappa shape index (κ1) is 18.2. The van der Waals surface area contributed by atoms with Gasteiger partial charge in [0, 0.05) is 35.7 Å². The first-order chi connectivity index (χ1) is 11.4. The zero-order valence-corrected chi connectivity index (χ0v) is 15.7. The lowest BCUT2D eigenvalue weighted by molar-refractivity contribution is -0.116. The molecule has 0 saturated carbocycles. The van der Waals surface area contributed by atoms with E-state index in [1.165, 1.54) is 6.92 Å². The van der Waals surface area contributed by atoms with Gasteiger partial charge in [0.15, 0.2) is 0 Å². The summed E-state index contributed by atoms with van der Waals surface area (Å²) in [6.07, 6.45) is 0. The van der Waals surface area contributed by atoms with Crippen LogP contribution in [0.4, 0.5) is 5.69 Å². The highest BCUT2D eigenvalue weighted by Crippen LogP contribution is 2.22. The van der Waals surface area contributed by atoms with Crippen LogP contribution in [0.15, 0.2) is 46.9 Å². The number of nitrogens with one attached hydrogen (secondary N) is 1. The van der Waals surface area contributed by atoms with Gasteiger partial charge < -0.3 is 10.2 Å². The smallest absolute Gasteiger partial charge is 0.251 e. The van der Waals surface area contributed by atoms with Gasteiger partial charge in [0.1, 0.15) is 0 Å². The Kier molecular flexibility index (Phi) is 6.15. The summed E-state index contributed by atoms with van der Waals surface area (Å²) in [5.41, 5.74) is 3.70. The van der Waals surface area contributed by atoms with Gasteiger partial charge in [-0.3, -0.25) is 9.59 Å². The Balaban J connectivity index is 2.02. The van der Waals surface area contributed by atoms with Crippen LogP contribution in [-0.2, 0) is 4.79 Å². The second-order valence-electron chi connectivity index (χ2n) is 5.65. The molecule has 5 heteroatoms. The maximum absolute atomic E-state index is 12.1. The molecular weight excluding hydrogens is 368 g/mol. The molecule has 126 valence electrons. The van der Waals surface area contributed by atoms with E-state index in [-0.39, 0.29) is 11.8 Å². The number of carbonyl (C=O) groups excluding carboxylic acids is 2. The SMILES string of the molecule is CC(=O)N(CCNC(=O)c1ccc(Br)cc1)c1cccc(C)c1C. The Labute approximate surface area is 151 Å². The van der Waals surface area contributed by atoms with E-state index >= 15 is 0 Å². The number of benzene rings is 2. The highest BCUT2D eigenvalue weighted by molar-refractivity contribution is 9.10. The Bertz CT molecular complexity index is 742. The summed E-state index contributed by atoms with van der Waals surface area (Å²) in [5, 5.41) is 2.86. The minimum absolute atomic E-state index is 0.0402. The predicted molar refractivity (Wildman–Crippen MR) is 100 cm³/mol. The summed E-state index contributed by atoms with van der Waals surface area (Å²) in [7, 11) is 0. The lowest BCUT2D eigenvalue weighted by Crippen LogP contribution is -2.38. The van der Waals surface area contributed by atoms with Crippen molar-refractivity contribution in [1.82, 2.24) is 5.32 Å². The third-order valence-corrected chi connectivity index (χ3v) is 4.50. The van der Waals surface area contributed by atoms with E-state index in [2.05, 4.69) is 21.2 Å². The van der Waals surface area contributed by atoms with E-state index in [0.717, 1.165) is 21.3 Å². The molecule has 0 aliphatic rings. The molecule has 0 fully saturated rings. The number of halogens is 1. The number of carbonyl (C=O) groups is 2. The summed E-state index contributed by atoms with van der Waals surface area (Å²) in [4.78, 5) is 25.8. The van der Waals surface area contributed by atoms with Crippen molar-refractivity contribution < 1.29 is 9.59 Å². The van der Waals surface area contributed by atoms with Gasteiger partial charge in [-0.05, 0) is 55.3 Å². The van der Waals surface area contributed by atoms with Crippen molar-refractivity contribution in [1.29, 1.82) is 0 Å². The zero-order chi connectivity index (χ0) is 17.7. The highest BCUT2D eigenvalue weighted by atomic mass is 79.9. The summed E-state index contributed by atoms with van der Waals surface area (Å²) < 4.78 is 0.928. The summed E-state index contributed by atoms with van der Waals surface area (Å²) in [6.45, 7) is 6.38. The second-order valence-corrected chi connectivity index (χ2v) is 6.57. The molecule has 0 aliphatic heterocycles. The Morgan fingerprint density at radius 3 is 2.38 bits per heavy atom. The quantitative estimate of drug-likeness (QED) is 0.845. The molecule has 0 aliphatic carbocycles. The van der Waals surface area contributed by atoms with Crippen LogP contribution in [0.25, 0.3) is 0 Å². The van der Waals surface area contributed by atoms with Gasteiger partial charge in [-0.2, -0.15) is 0 Å². The molecule has 0 spiro atoms. The molecule has 0 unspecified atom stereocenters. The monoisotopic (exact) mass is 388 g/mol. The van der Waals surface area contributed by atoms with Crippen molar-refractivity contribution >= 4 is 33.4 Å². The van der Waals surface area contributed by atoms with E-state index in [0.29, 0.717) is 18.7 Å². The van der Waals surface area contributed by atoms with Crippen LogP contribution < -0.4 is 10.2 Å². The molecule has 1 N–H and O–H groups in total. The van der Waals surface area contributed by atoms with Gasteiger partial charge in [-0.1, -0.05) is 28.1 Å². The number of anilines is 1. The molecule has 0 heterocycles. The fourth-order valence-corrected chi connectivity index (χ4v) is 2.72. The van der Waals surface area contributed by atoms with Gasteiger partial charge in [0.2, 0.25) is 5.91 Å². The minimum atomic E-state index is -0.146. The molecule has 0 atom stereocenters. The molecule has 4 nitrogen and oxygen atoms in total. The lowest BCUT2D eigenvalue weighted by atomic mass is 10.1. The van der Waals surface area contributed by atoms with Crippen LogP contribution in [-0.4, -0.2) is 24.9 Å². The van der Waals surface area contributed by atoms with Crippen molar-refractivity contribution in [2.75, 3.05) is 18.0 Å². The molecule has 0 bridgehead atoms. The fourth-order valence-electron chi connectivity index (χ4n) is 2.46. The second kappa shape index (κ2) is 8.11. The molecule has 0 radical (unpaired) electrons. The third-order valence-electron chi connectivity index (χ3n) is 3.97. The maximum Gasteiger partial charge on any atom is 0.251 e. The Hall–Kier alpha value is -2.14. The van der Waals surface area contributed by atoms with Crippen LogP contribution in [0.2, 0.25) is 0 Å². The van der Waals surface area contributed by atoms with E-state index in [1.54, 1.807) is 17.0 Å².